The number of imidazole rings is 1. The summed E-state index contributed by atoms with van der Waals surface area (Å²) >= 11 is 1.41. The highest BCUT2D eigenvalue weighted by Crippen LogP contribution is 2.28. The van der Waals surface area contributed by atoms with E-state index in [9.17, 15) is 18.4 Å². The zero-order valence-corrected chi connectivity index (χ0v) is 13.6. The lowest BCUT2D eigenvalue weighted by Crippen LogP contribution is -2.33. The maximum Gasteiger partial charge on any atom is 0.326 e. The first-order valence-electron chi connectivity index (χ1n) is 7.27. The number of benzene rings is 1. The van der Waals surface area contributed by atoms with Crippen LogP contribution in [0, 0.1) is 0 Å². The van der Waals surface area contributed by atoms with Crippen molar-refractivity contribution in [1.29, 1.82) is 0 Å². The number of amides is 1. The Kier molecular flexibility index (Phi) is 4.70. The third kappa shape index (κ3) is 3.21. The predicted molar refractivity (Wildman–Crippen MR) is 84.5 cm³/mol. The molecule has 1 aromatic heterocycles. The minimum Gasteiger partial charge on any atom is -0.453 e. The number of halogens is 2. The van der Waals surface area contributed by atoms with Gasteiger partial charge in [0.1, 0.15) is 6.54 Å². The van der Waals surface area contributed by atoms with Gasteiger partial charge in [-0.2, -0.15) is 8.78 Å². The van der Waals surface area contributed by atoms with Gasteiger partial charge in [-0.05, 0) is 19.1 Å². The Morgan fingerprint density at radius 3 is 2.83 bits per heavy atom. The van der Waals surface area contributed by atoms with Crippen LogP contribution in [0.25, 0.3) is 11.0 Å². The molecule has 24 heavy (non-hydrogen) atoms. The fourth-order valence-corrected chi connectivity index (χ4v) is 3.44. The summed E-state index contributed by atoms with van der Waals surface area (Å²) in [4.78, 5) is 29.0. The number of fused-ring (bicyclic) bond motifs is 1. The van der Waals surface area contributed by atoms with E-state index in [1.54, 1.807) is 18.2 Å². The SMILES string of the molecule is C[C@H](OC(=O)CN1CSCC1=O)c1nc2ccccc2n1C(F)F. The van der Waals surface area contributed by atoms with Crippen LogP contribution in [0.4, 0.5) is 8.78 Å². The molecule has 0 saturated carbocycles. The van der Waals surface area contributed by atoms with Gasteiger partial charge in [-0.25, -0.2) is 4.98 Å². The standard InChI is InChI=1S/C15H15F2N3O3S/c1-9(23-13(22)6-19-8-24-7-12(19)21)14-18-10-4-2-3-5-11(10)20(14)15(16)17/h2-5,9,15H,6-8H2,1H3/t9-/m0/s1. The number of thioether (sulfide) groups is 1. The molecule has 1 atom stereocenters. The Morgan fingerprint density at radius 1 is 1.42 bits per heavy atom. The largest absolute Gasteiger partial charge is 0.453 e. The van der Waals surface area contributed by atoms with Crippen LogP contribution >= 0.6 is 11.8 Å². The van der Waals surface area contributed by atoms with Crippen LogP contribution in [-0.4, -0.2) is 44.5 Å². The van der Waals surface area contributed by atoms with Crippen molar-refractivity contribution < 1.29 is 23.1 Å². The summed E-state index contributed by atoms with van der Waals surface area (Å²) in [6.45, 7) is -1.51. The van der Waals surface area contributed by atoms with Gasteiger partial charge in [0, 0.05) is 0 Å². The summed E-state index contributed by atoms with van der Waals surface area (Å²) < 4.78 is 32.8. The Balaban J connectivity index is 1.78. The molecule has 1 fully saturated rings. The van der Waals surface area contributed by atoms with Crippen molar-refractivity contribution in [2.45, 2.75) is 19.6 Å². The lowest BCUT2D eigenvalue weighted by molar-refractivity contribution is -0.152. The van der Waals surface area contributed by atoms with E-state index in [0.717, 1.165) is 4.57 Å². The molecule has 1 saturated heterocycles. The molecule has 2 heterocycles. The summed E-state index contributed by atoms with van der Waals surface area (Å²) in [7, 11) is 0. The second-order valence-electron chi connectivity index (χ2n) is 5.31. The third-order valence-corrected chi connectivity index (χ3v) is 4.58. The molecule has 2 aromatic rings. The average Bonchev–Trinajstić information content (AvgIpc) is 3.11. The third-order valence-electron chi connectivity index (χ3n) is 3.64. The first-order valence-corrected chi connectivity index (χ1v) is 8.43. The number of hydrogen-bond acceptors (Lipinski definition) is 5. The number of aromatic nitrogens is 2. The zero-order chi connectivity index (χ0) is 17.3. The van der Waals surface area contributed by atoms with Crippen molar-refractivity contribution in [2.24, 2.45) is 0 Å². The maximum absolute atomic E-state index is 13.4. The highest BCUT2D eigenvalue weighted by atomic mass is 32.2. The summed E-state index contributed by atoms with van der Waals surface area (Å²) in [6.07, 6.45) is -0.954. The number of para-hydroxylation sites is 2. The Labute approximate surface area is 140 Å². The lowest BCUT2D eigenvalue weighted by atomic mass is 10.3. The van der Waals surface area contributed by atoms with Crippen LogP contribution < -0.4 is 0 Å². The molecule has 0 bridgehead atoms. The smallest absolute Gasteiger partial charge is 0.326 e. The molecule has 0 radical (unpaired) electrons. The molecule has 0 aliphatic carbocycles. The molecule has 3 rings (SSSR count). The first-order chi connectivity index (χ1) is 11.5. The van der Waals surface area contributed by atoms with Crippen LogP contribution in [0.5, 0.6) is 0 Å². The van der Waals surface area contributed by atoms with Gasteiger partial charge in [0.05, 0.1) is 22.7 Å². The van der Waals surface area contributed by atoms with Crippen LogP contribution in [-0.2, 0) is 14.3 Å². The van der Waals surface area contributed by atoms with E-state index in [-0.39, 0.29) is 23.8 Å². The molecule has 0 unspecified atom stereocenters. The van der Waals surface area contributed by atoms with Gasteiger partial charge in [-0.1, -0.05) is 12.1 Å². The van der Waals surface area contributed by atoms with Gasteiger partial charge < -0.3 is 9.64 Å². The van der Waals surface area contributed by atoms with Crippen molar-refractivity contribution in [2.75, 3.05) is 18.2 Å². The van der Waals surface area contributed by atoms with Gasteiger partial charge in [0.2, 0.25) is 5.91 Å². The van der Waals surface area contributed by atoms with Crippen LogP contribution in [0.2, 0.25) is 0 Å². The number of esters is 1. The van der Waals surface area contributed by atoms with E-state index in [4.69, 9.17) is 4.74 Å². The minimum absolute atomic E-state index is 0.0262. The lowest BCUT2D eigenvalue weighted by Gasteiger charge is -2.18. The highest BCUT2D eigenvalue weighted by Gasteiger charge is 2.27. The monoisotopic (exact) mass is 355 g/mol. The molecule has 1 aromatic carbocycles. The number of rotatable bonds is 5. The summed E-state index contributed by atoms with van der Waals surface area (Å²) in [5.41, 5.74) is 0.679. The predicted octanol–water partition coefficient (Wildman–Crippen LogP) is 2.57. The average molecular weight is 355 g/mol. The van der Waals surface area contributed by atoms with Crippen molar-refractivity contribution in [1.82, 2.24) is 14.5 Å². The number of hydrogen-bond donors (Lipinski definition) is 0. The molecule has 1 aliphatic rings. The van der Waals surface area contributed by atoms with E-state index >= 15 is 0 Å². The number of alkyl halides is 2. The second kappa shape index (κ2) is 6.76. The molecular weight excluding hydrogens is 340 g/mol. The fourth-order valence-electron chi connectivity index (χ4n) is 2.54. The van der Waals surface area contributed by atoms with Crippen LogP contribution in [0.15, 0.2) is 24.3 Å². The molecule has 9 heteroatoms. The topological polar surface area (TPSA) is 64.4 Å². The zero-order valence-electron chi connectivity index (χ0n) is 12.8. The van der Waals surface area contributed by atoms with E-state index in [2.05, 4.69) is 4.98 Å². The van der Waals surface area contributed by atoms with Gasteiger partial charge in [-0.15, -0.1) is 11.8 Å². The Hall–Kier alpha value is -2.16. The molecule has 0 N–H and O–H groups in total. The van der Waals surface area contributed by atoms with Crippen molar-refractivity contribution in [3.8, 4) is 0 Å². The number of carbonyl (C=O) groups is 2. The van der Waals surface area contributed by atoms with Gasteiger partial charge in [0.25, 0.3) is 0 Å². The summed E-state index contributed by atoms with van der Waals surface area (Å²) in [6, 6.07) is 6.49. The van der Waals surface area contributed by atoms with E-state index in [0.29, 0.717) is 17.1 Å². The number of carbonyl (C=O) groups excluding carboxylic acids is 2. The summed E-state index contributed by atoms with van der Waals surface area (Å²) in [5, 5.41) is 0. The Morgan fingerprint density at radius 2 is 2.17 bits per heavy atom. The Bertz CT molecular complexity index is 780. The van der Waals surface area contributed by atoms with Crippen molar-refractivity contribution in [3.63, 3.8) is 0 Å². The number of nitrogens with zero attached hydrogens (tertiary/aromatic N) is 3. The molecule has 1 aliphatic heterocycles. The molecular formula is C15H15F2N3O3S. The fraction of sp³-hybridized carbons (Fsp3) is 0.400. The van der Waals surface area contributed by atoms with Crippen molar-refractivity contribution >= 4 is 34.7 Å². The highest BCUT2D eigenvalue weighted by molar-refractivity contribution is 8.00. The normalized spacial score (nSPS) is 16.2. The minimum atomic E-state index is -2.80. The van der Waals surface area contributed by atoms with Crippen LogP contribution in [0.3, 0.4) is 0 Å². The second-order valence-corrected chi connectivity index (χ2v) is 6.26. The van der Waals surface area contributed by atoms with Gasteiger partial charge in [-0.3, -0.25) is 14.2 Å². The molecule has 128 valence electrons. The molecule has 1 amide bonds. The van der Waals surface area contributed by atoms with Gasteiger partial charge >= 0.3 is 12.5 Å². The van der Waals surface area contributed by atoms with E-state index < -0.39 is 18.6 Å². The van der Waals surface area contributed by atoms with E-state index in [1.165, 1.54) is 29.7 Å². The first kappa shape index (κ1) is 16.7. The van der Waals surface area contributed by atoms with Crippen molar-refractivity contribution in [3.05, 3.63) is 30.1 Å². The maximum atomic E-state index is 13.4. The summed E-state index contributed by atoms with van der Waals surface area (Å²) in [5.74, 6) is -0.0423. The quantitative estimate of drug-likeness (QED) is 0.772. The molecule has 6 nitrogen and oxygen atoms in total. The number of ether oxygens (including phenoxy) is 1. The van der Waals surface area contributed by atoms with Gasteiger partial charge in [0.15, 0.2) is 11.9 Å². The van der Waals surface area contributed by atoms with E-state index in [1.807, 2.05) is 0 Å². The molecule has 0 spiro atoms. The van der Waals surface area contributed by atoms with Crippen LogP contribution in [0.1, 0.15) is 25.4 Å².